The molecule has 0 spiro atoms. The van der Waals surface area contributed by atoms with E-state index in [0.29, 0.717) is 0 Å². The number of hydrogen-bond donors (Lipinski definition) is 2. The predicted octanol–water partition coefficient (Wildman–Crippen LogP) is 3.77. The number of anilines is 1. The average Bonchev–Trinajstić information content (AvgIpc) is 2.77. The number of aromatic nitrogens is 2. The first-order valence-electron chi connectivity index (χ1n) is 9.22. The van der Waals surface area contributed by atoms with Crippen LogP contribution in [0, 0.1) is 5.92 Å². The number of rotatable bonds is 5. The van der Waals surface area contributed by atoms with Crippen LogP contribution in [0.5, 0.6) is 0 Å². The van der Waals surface area contributed by atoms with E-state index in [1.165, 1.54) is 4.57 Å². The molecule has 2 N–H and O–H groups in total. The zero-order valence-corrected chi connectivity index (χ0v) is 18.2. The molecule has 1 fully saturated rings. The first kappa shape index (κ1) is 21.1. The molecule has 148 valence electrons. The first-order chi connectivity index (χ1) is 11.9. The molecule has 7 nitrogen and oxygen atoms in total. The Morgan fingerprint density at radius 2 is 2.08 bits per heavy atom. The van der Waals surface area contributed by atoms with Crippen LogP contribution >= 0.6 is 0 Å². The fourth-order valence-electron chi connectivity index (χ4n) is 3.30. The summed E-state index contributed by atoms with van der Waals surface area (Å²) in [6.45, 7) is 17.3. The highest BCUT2D eigenvalue weighted by Gasteiger charge is 2.56. The van der Waals surface area contributed by atoms with Gasteiger partial charge in [0.05, 0.1) is 6.10 Å². The zero-order valence-electron chi connectivity index (χ0n) is 17.2. The Labute approximate surface area is 156 Å². The van der Waals surface area contributed by atoms with E-state index in [0.717, 1.165) is 6.42 Å². The highest BCUT2D eigenvalue weighted by atomic mass is 28.4. The number of hydrogen-bond acceptors (Lipinski definition) is 6. The van der Waals surface area contributed by atoms with Crippen molar-refractivity contribution in [2.24, 2.45) is 5.92 Å². The van der Waals surface area contributed by atoms with Crippen LogP contribution in [0.15, 0.2) is 17.1 Å². The Morgan fingerprint density at radius 1 is 1.46 bits per heavy atom. The van der Waals surface area contributed by atoms with Crippen molar-refractivity contribution in [1.82, 2.24) is 9.55 Å². The van der Waals surface area contributed by atoms with Gasteiger partial charge >= 0.3 is 5.69 Å². The monoisotopic (exact) mass is 383 g/mol. The second-order valence-electron chi connectivity index (χ2n) is 8.88. The molecule has 2 rings (SSSR count). The second kappa shape index (κ2) is 7.07. The van der Waals surface area contributed by atoms with Gasteiger partial charge in [0, 0.05) is 12.1 Å². The van der Waals surface area contributed by atoms with Gasteiger partial charge < -0.3 is 9.16 Å². The van der Waals surface area contributed by atoms with Gasteiger partial charge in [-0.2, -0.15) is 4.98 Å². The smallest absolute Gasteiger partial charge is 0.351 e. The van der Waals surface area contributed by atoms with E-state index in [-0.39, 0.29) is 22.9 Å². The summed E-state index contributed by atoms with van der Waals surface area (Å²) in [7, 11) is -2.10. The average molecular weight is 384 g/mol. The summed E-state index contributed by atoms with van der Waals surface area (Å²) in [5, 5.41) is 9.01. The van der Waals surface area contributed by atoms with E-state index in [1.807, 2.05) is 12.4 Å². The van der Waals surface area contributed by atoms with Crippen molar-refractivity contribution in [3.05, 3.63) is 22.7 Å². The molecule has 1 aliphatic heterocycles. The lowest BCUT2D eigenvalue weighted by Gasteiger charge is -2.46. The topological polar surface area (TPSA) is 85.6 Å². The molecule has 0 amide bonds. The van der Waals surface area contributed by atoms with Crippen LogP contribution in [0.4, 0.5) is 5.82 Å². The van der Waals surface area contributed by atoms with Gasteiger partial charge in [-0.15, -0.1) is 0 Å². The minimum Gasteiger partial charge on any atom is -0.407 e. The number of ether oxygens (including phenoxy) is 1. The molecule has 4 atom stereocenters. The van der Waals surface area contributed by atoms with Crippen LogP contribution in [-0.2, 0) is 9.16 Å². The maximum absolute atomic E-state index is 12.5. The molecule has 2 heterocycles. The van der Waals surface area contributed by atoms with Crippen LogP contribution in [0.1, 0.15) is 54.2 Å². The van der Waals surface area contributed by atoms with E-state index in [9.17, 15) is 4.79 Å². The Balaban J connectivity index is 2.51. The van der Waals surface area contributed by atoms with Gasteiger partial charge in [-0.05, 0) is 37.5 Å². The molecule has 8 heteroatoms. The molecule has 1 aromatic rings. The maximum Gasteiger partial charge on any atom is 0.351 e. The van der Waals surface area contributed by atoms with Crippen LogP contribution in [0.2, 0.25) is 18.1 Å². The quantitative estimate of drug-likeness (QED) is 0.595. The van der Waals surface area contributed by atoms with Crippen LogP contribution in [0.25, 0.3) is 0 Å². The van der Waals surface area contributed by atoms with Gasteiger partial charge in [-0.1, -0.05) is 34.6 Å². The van der Waals surface area contributed by atoms with Crippen LogP contribution in [0.3, 0.4) is 0 Å². The Bertz CT molecular complexity index is 700. The van der Waals surface area contributed by atoms with Crippen LogP contribution in [-0.4, -0.2) is 34.8 Å². The van der Waals surface area contributed by atoms with Gasteiger partial charge in [0.25, 0.3) is 0 Å². The van der Waals surface area contributed by atoms with Gasteiger partial charge in [-0.25, -0.2) is 4.79 Å². The summed E-state index contributed by atoms with van der Waals surface area (Å²) in [6.07, 6.45) is 1.87. The van der Waals surface area contributed by atoms with E-state index in [4.69, 9.17) is 14.4 Å². The minimum absolute atomic E-state index is 0.00249. The second-order valence-corrected chi connectivity index (χ2v) is 13.6. The normalized spacial score (nSPS) is 29.8. The van der Waals surface area contributed by atoms with Crippen molar-refractivity contribution in [3.8, 4) is 0 Å². The lowest BCUT2D eigenvalue weighted by molar-refractivity contribution is -0.0799. The molecule has 1 saturated heterocycles. The SMILES string of the molecule is CC[C@H]1O[C@@H](n2ccc(NO)nc2=O)C(C)(O[Si](C)(C)C(C)(C)C)[C@H]1C. The zero-order chi connectivity index (χ0) is 19.9. The Morgan fingerprint density at radius 3 is 2.54 bits per heavy atom. The van der Waals surface area contributed by atoms with Crippen molar-refractivity contribution in [2.75, 3.05) is 5.48 Å². The molecule has 0 saturated carbocycles. The lowest BCUT2D eigenvalue weighted by Crippen LogP contribution is -2.54. The predicted molar refractivity (Wildman–Crippen MR) is 104 cm³/mol. The minimum atomic E-state index is -2.10. The summed E-state index contributed by atoms with van der Waals surface area (Å²) < 4.78 is 14.6. The lowest BCUT2D eigenvalue weighted by atomic mass is 9.87. The van der Waals surface area contributed by atoms with Crippen molar-refractivity contribution in [1.29, 1.82) is 0 Å². The van der Waals surface area contributed by atoms with Crippen LogP contribution < -0.4 is 11.2 Å². The van der Waals surface area contributed by atoms with Gasteiger partial charge in [0.2, 0.25) is 0 Å². The van der Waals surface area contributed by atoms with Crippen molar-refractivity contribution < 1.29 is 14.4 Å². The summed E-state index contributed by atoms with van der Waals surface area (Å²) in [5.41, 5.74) is 0.771. The van der Waals surface area contributed by atoms with Gasteiger partial charge in [0.15, 0.2) is 20.4 Å². The summed E-state index contributed by atoms with van der Waals surface area (Å²) in [6, 6.07) is 1.54. The highest BCUT2D eigenvalue weighted by molar-refractivity contribution is 6.74. The molecule has 0 bridgehead atoms. The number of nitrogens with one attached hydrogen (secondary N) is 1. The number of nitrogens with zero attached hydrogens (tertiary/aromatic N) is 2. The van der Waals surface area contributed by atoms with E-state index >= 15 is 0 Å². The molecule has 1 aliphatic rings. The van der Waals surface area contributed by atoms with E-state index < -0.39 is 25.8 Å². The molecule has 1 unspecified atom stereocenters. The third-order valence-electron chi connectivity index (χ3n) is 6.14. The van der Waals surface area contributed by atoms with E-state index in [2.05, 4.69) is 52.7 Å². The molecule has 0 aromatic carbocycles. The van der Waals surface area contributed by atoms with Crippen molar-refractivity contribution >= 4 is 14.1 Å². The molecule has 26 heavy (non-hydrogen) atoms. The molecular weight excluding hydrogens is 350 g/mol. The fourth-order valence-corrected chi connectivity index (χ4v) is 5.00. The van der Waals surface area contributed by atoms with Gasteiger partial charge in [-0.3, -0.25) is 15.3 Å². The Kier molecular flexibility index (Phi) is 5.73. The molecular formula is C18H33N3O4Si. The Hall–Kier alpha value is -1.22. The van der Waals surface area contributed by atoms with Crippen molar-refractivity contribution in [2.45, 2.75) is 84.0 Å². The third-order valence-corrected chi connectivity index (χ3v) is 10.7. The van der Waals surface area contributed by atoms with Crippen molar-refractivity contribution in [3.63, 3.8) is 0 Å². The highest BCUT2D eigenvalue weighted by Crippen LogP contribution is 2.50. The molecule has 1 aromatic heterocycles. The van der Waals surface area contributed by atoms with E-state index in [1.54, 1.807) is 12.3 Å². The van der Waals surface area contributed by atoms with Gasteiger partial charge in [0.1, 0.15) is 5.60 Å². The largest absolute Gasteiger partial charge is 0.407 e. The fraction of sp³-hybridized carbons (Fsp3) is 0.778. The molecule has 0 radical (unpaired) electrons. The molecule has 0 aliphatic carbocycles. The summed E-state index contributed by atoms with van der Waals surface area (Å²) >= 11 is 0. The standard InChI is InChI=1S/C18H33N3O4Si/c1-9-13-12(2)18(6,25-26(7,8)17(3,4)5)15(24-13)21-11-10-14(20-23)19-16(21)22/h10-13,15,23H,9H2,1-8H3,(H,19,20,22)/t12-,13+,15+,18?/m0/s1. The third kappa shape index (κ3) is 3.60. The summed E-state index contributed by atoms with van der Waals surface area (Å²) in [4.78, 5) is 16.4. The first-order valence-corrected chi connectivity index (χ1v) is 12.1. The maximum atomic E-state index is 12.5. The summed E-state index contributed by atoms with van der Waals surface area (Å²) in [5.74, 6) is 0.227.